The Balaban J connectivity index is 1.65. The third-order valence-electron chi connectivity index (χ3n) is 3.80. The van der Waals surface area contributed by atoms with Gasteiger partial charge >= 0.3 is 0 Å². The van der Waals surface area contributed by atoms with Crippen LogP contribution in [0.25, 0.3) is 0 Å². The Labute approximate surface area is 93.8 Å². The van der Waals surface area contributed by atoms with E-state index < -0.39 is 0 Å². The van der Waals surface area contributed by atoms with Crippen LogP contribution in [0.15, 0.2) is 0 Å². The molecule has 0 radical (unpaired) electrons. The lowest BCUT2D eigenvalue weighted by molar-refractivity contribution is 0.0496. The van der Waals surface area contributed by atoms with Gasteiger partial charge in [-0.2, -0.15) is 0 Å². The van der Waals surface area contributed by atoms with E-state index in [0.717, 1.165) is 37.6 Å². The Hall–Kier alpha value is -0.0800. The molecule has 2 atom stereocenters. The third kappa shape index (κ3) is 3.76. The van der Waals surface area contributed by atoms with E-state index >= 15 is 0 Å². The van der Waals surface area contributed by atoms with Gasteiger partial charge in [-0.05, 0) is 56.9 Å². The first-order valence-corrected chi connectivity index (χ1v) is 6.71. The van der Waals surface area contributed by atoms with Crippen molar-refractivity contribution in [3.8, 4) is 0 Å². The maximum atomic E-state index is 5.53. The highest BCUT2D eigenvalue weighted by Gasteiger charge is 2.30. The molecule has 0 spiro atoms. The van der Waals surface area contributed by atoms with Crippen LogP contribution in [0.3, 0.4) is 0 Å². The summed E-state index contributed by atoms with van der Waals surface area (Å²) in [6.45, 7) is 5.36. The van der Waals surface area contributed by atoms with E-state index in [1.807, 2.05) is 0 Å². The van der Waals surface area contributed by atoms with Crippen molar-refractivity contribution < 1.29 is 4.74 Å². The SMILES string of the molecule is CCNC(CCC1CCCOC1)C1CC1. The van der Waals surface area contributed by atoms with Crippen LogP contribution < -0.4 is 5.32 Å². The summed E-state index contributed by atoms with van der Waals surface area (Å²) in [5.41, 5.74) is 0. The topological polar surface area (TPSA) is 21.3 Å². The molecule has 1 heterocycles. The average Bonchev–Trinajstić information content (AvgIpc) is 3.09. The lowest BCUT2D eigenvalue weighted by atomic mass is 9.93. The summed E-state index contributed by atoms with van der Waals surface area (Å²) in [6, 6.07) is 0.803. The highest BCUT2D eigenvalue weighted by molar-refractivity contribution is 4.86. The molecule has 2 nitrogen and oxygen atoms in total. The highest BCUT2D eigenvalue weighted by atomic mass is 16.5. The molecule has 2 unspecified atom stereocenters. The zero-order chi connectivity index (χ0) is 10.5. The van der Waals surface area contributed by atoms with Gasteiger partial charge in [-0.1, -0.05) is 6.92 Å². The van der Waals surface area contributed by atoms with Gasteiger partial charge < -0.3 is 10.1 Å². The zero-order valence-corrected chi connectivity index (χ0v) is 10.0. The first-order chi connectivity index (χ1) is 7.40. The second kappa shape index (κ2) is 5.86. The Morgan fingerprint density at radius 1 is 1.33 bits per heavy atom. The maximum absolute atomic E-state index is 5.53. The van der Waals surface area contributed by atoms with Gasteiger partial charge in [-0.25, -0.2) is 0 Å². The number of rotatable bonds is 6. The van der Waals surface area contributed by atoms with Gasteiger partial charge in [0.25, 0.3) is 0 Å². The number of hydrogen-bond acceptors (Lipinski definition) is 2. The van der Waals surface area contributed by atoms with Crippen LogP contribution in [0.2, 0.25) is 0 Å². The summed E-state index contributed by atoms with van der Waals surface area (Å²) in [6.07, 6.45) is 8.32. The van der Waals surface area contributed by atoms with Crippen LogP contribution in [0.4, 0.5) is 0 Å². The summed E-state index contributed by atoms with van der Waals surface area (Å²) in [7, 11) is 0. The second-order valence-electron chi connectivity index (χ2n) is 5.16. The molecule has 1 aliphatic carbocycles. The summed E-state index contributed by atoms with van der Waals surface area (Å²) in [5, 5.41) is 3.64. The van der Waals surface area contributed by atoms with E-state index in [2.05, 4.69) is 12.2 Å². The predicted octanol–water partition coefficient (Wildman–Crippen LogP) is 2.58. The van der Waals surface area contributed by atoms with Crippen LogP contribution in [0.1, 0.15) is 45.4 Å². The van der Waals surface area contributed by atoms with Crippen molar-refractivity contribution in [1.29, 1.82) is 0 Å². The van der Waals surface area contributed by atoms with Crippen molar-refractivity contribution in [3.63, 3.8) is 0 Å². The van der Waals surface area contributed by atoms with Gasteiger partial charge in [-0.15, -0.1) is 0 Å². The molecule has 0 aromatic heterocycles. The fraction of sp³-hybridized carbons (Fsp3) is 1.00. The number of nitrogens with one attached hydrogen (secondary N) is 1. The van der Waals surface area contributed by atoms with E-state index in [-0.39, 0.29) is 0 Å². The quantitative estimate of drug-likeness (QED) is 0.729. The molecule has 0 bridgehead atoms. The van der Waals surface area contributed by atoms with Crippen LogP contribution in [0, 0.1) is 11.8 Å². The molecule has 88 valence electrons. The molecule has 0 amide bonds. The van der Waals surface area contributed by atoms with Crippen LogP contribution >= 0.6 is 0 Å². The van der Waals surface area contributed by atoms with E-state index in [9.17, 15) is 0 Å². The van der Waals surface area contributed by atoms with E-state index in [1.54, 1.807) is 0 Å². The minimum atomic E-state index is 0.803. The molecular formula is C13H25NO. The largest absolute Gasteiger partial charge is 0.381 e. The van der Waals surface area contributed by atoms with Crippen LogP contribution in [-0.4, -0.2) is 25.8 Å². The third-order valence-corrected chi connectivity index (χ3v) is 3.80. The molecule has 2 rings (SSSR count). The first-order valence-electron chi connectivity index (χ1n) is 6.71. The fourth-order valence-corrected chi connectivity index (χ4v) is 2.72. The van der Waals surface area contributed by atoms with Gasteiger partial charge in [0, 0.05) is 19.3 Å². The van der Waals surface area contributed by atoms with Gasteiger partial charge in [-0.3, -0.25) is 0 Å². The monoisotopic (exact) mass is 211 g/mol. The maximum Gasteiger partial charge on any atom is 0.0494 e. The molecule has 15 heavy (non-hydrogen) atoms. The molecule has 0 aromatic carbocycles. The van der Waals surface area contributed by atoms with E-state index in [1.165, 1.54) is 38.5 Å². The van der Waals surface area contributed by atoms with Gasteiger partial charge in [0.15, 0.2) is 0 Å². The molecule has 1 saturated heterocycles. The van der Waals surface area contributed by atoms with E-state index in [0.29, 0.717) is 0 Å². The standard InChI is InChI=1S/C13H25NO/c1-2-14-13(12-6-7-12)8-5-11-4-3-9-15-10-11/h11-14H,2-10H2,1H3. The summed E-state index contributed by atoms with van der Waals surface area (Å²) in [5.74, 6) is 1.84. The van der Waals surface area contributed by atoms with Crippen molar-refractivity contribution in [2.24, 2.45) is 11.8 Å². The minimum absolute atomic E-state index is 0.803. The minimum Gasteiger partial charge on any atom is -0.381 e. The van der Waals surface area contributed by atoms with Crippen LogP contribution in [-0.2, 0) is 4.74 Å². The molecule has 1 N–H and O–H groups in total. The molecule has 1 aliphatic heterocycles. The Morgan fingerprint density at radius 3 is 2.80 bits per heavy atom. The van der Waals surface area contributed by atoms with Gasteiger partial charge in [0.1, 0.15) is 0 Å². The second-order valence-corrected chi connectivity index (χ2v) is 5.16. The molecule has 2 fully saturated rings. The van der Waals surface area contributed by atoms with E-state index in [4.69, 9.17) is 4.74 Å². The number of hydrogen-bond donors (Lipinski definition) is 1. The van der Waals surface area contributed by atoms with Crippen molar-refractivity contribution in [1.82, 2.24) is 5.32 Å². The lowest BCUT2D eigenvalue weighted by Gasteiger charge is -2.24. The molecule has 1 saturated carbocycles. The molecule has 2 aliphatic rings. The summed E-state index contributed by atoms with van der Waals surface area (Å²) >= 11 is 0. The first kappa shape index (κ1) is 11.4. The van der Waals surface area contributed by atoms with Crippen molar-refractivity contribution in [2.75, 3.05) is 19.8 Å². The van der Waals surface area contributed by atoms with Gasteiger partial charge in [0.05, 0.1) is 0 Å². The van der Waals surface area contributed by atoms with Crippen LogP contribution in [0.5, 0.6) is 0 Å². The average molecular weight is 211 g/mol. The van der Waals surface area contributed by atoms with Gasteiger partial charge in [0.2, 0.25) is 0 Å². The zero-order valence-electron chi connectivity index (χ0n) is 10.0. The van der Waals surface area contributed by atoms with Crippen molar-refractivity contribution in [2.45, 2.75) is 51.5 Å². The van der Waals surface area contributed by atoms with Crippen molar-refractivity contribution >= 4 is 0 Å². The molecule has 0 aromatic rings. The lowest BCUT2D eigenvalue weighted by Crippen LogP contribution is -2.32. The molecule has 2 heteroatoms. The Morgan fingerprint density at radius 2 is 2.20 bits per heavy atom. The summed E-state index contributed by atoms with van der Waals surface area (Å²) in [4.78, 5) is 0. The highest BCUT2D eigenvalue weighted by Crippen LogP contribution is 2.35. The summed E-state index contributed by atoms with van der Waals surface area (Å²) < 4.78 is 5.53. The fourth-order valence-electron chi connectivity index (χ4n) is 2.72. The Bertz CT molecular complexity index is 173. The normalized spacial score (nSPS) is 29.0. The number of ether oxygens (including phenoxy) is 1. The van der Waals surface area contributed by atoms with Crippen molar-refractivity contribution in [3.05, 3.63) is 0 Å². The smallest absolute Gasteiger partial charge is 0.0494 e. The molecular weight excluding hydrogens is 186 g/mol. The predicted molar refractivity (Wildman–Crippen MR) is 63.0 cm³/mol. The Kier molecular flexibility index (Phi) is 4.45.